The number of benzene rings is 1. The fraction of sp³-hybridized carbons (Fsp3) is 0.294. The normalized spacial score (nSPS) is 12.3. The summed E-state index contributed by atoms with van der Waals surface area (Å²) < 4.78 is 3.67. The molecule has 3 rings (SSSR count). The van der Waals surface area contributed by atoms with Gasteiger partial charge >= 0.3 is 5.69 Å². The standard InChI is InChI=1S/C17H17Cl2N5O3/c1-9(11-5-4-10(18)6-12(11)19)21-13(25)7-24-8-20-15-14(24)16(26)23(3)17(27)22(15)2/h4-6,8-9H,7H2,1-3H3,(H,21,25)/t9-/m0/s1. The van der Waals surface area contributed by atoms with Gasteiger partial charge in [-0.15, -0.1) is 0 Å². The van der Waals surface area contributed by atoms with Gasteiger partial charge in [-0.2, -0.15) is 0 Å². The summed E-state index contributed by atoms with van der Waals surface area (Å²) >= 11 is 12.1. The summed E-state index contributed by atoms with van der Waals surface area (Å²) in [5.74, 6) is -0.330. The van der Waals surface area contributed by atoms with Gasteiger partial charge in [-0.1, -0.05) is 29.3 Å². The Morgan fingerprint density at radius 1 is 1.22 bits per heavy atom. The number of carbonyl (C=O) groups is 1. The molecule has 0 fully saturated rings. The molecule has 0 spiro atoms. The maximum Gasteiger partial charge on any atom is 0.332 e. The number of amides is 1. The van der Waals surface area contributed by atoms with Crippen LogP contribution in [0.15, 0.2) is 34.1 Å². The van der Waals surface area contributed by atoms with E-state index in [1.165, 1.54) is 29.6 Å². The number of halogens is 2. The van der Waals surface area contributed by atoms with Crippen molar-refractivity contribution in [3.05, 3.63) is 61.0 Å². The van der Waals surface area contributed by atoms with Crippen molar-refractivity contribution in [3.63, 3.8) is 0 Å². The second-order valence-electron chi connectivity index (χ2n) is 6.21. The molecule has 1 N–H and O–H groups in total. The molecule has 1 aromatic carbocycles. The van der Waals surface area contributed by atoms with E-state index in [2.05, 4.69) is 10.3 Å². The van der Waals surface area contributed by atoms with Crippen LogP contribution in [-0.2, 0) is 25.4 Å². The Hall–Kier alpha value is -2.58. The second kappa shape index (κ2) is 7.21. The zero-order valence-corrected chi connectivity index (χ0v) is 16.4. The molecule has 27 heavy (non-hydrogen) atoms. The van der Waals surface area contributed by atoms with Gasteiger partial charge in [-0.3, -0.25) is 18.7 Å². The van der Waals surface area contributed by atoms with Crippen LogP contribution in [0, 0.1) is 0 Å². The molecule has 8 nitrogen and oxygen atoms in total. The third-order valence-corrected chi connectivity index (χ3v) is 4.90. The number of hydrogen-bond donors (Lipinski definition) is 1. The summed E-state index contributed by atoms with van der Waals surface area (Å²) in [5, 5.41) is 3.79. The van der Waals surface area contributed by atoms with Crippen molar-refractivity contribution < 1.29 is 4.79 Å². The molecule has 142 valence electrons. The number of imidazole rings is 1. The summed E-state index contributed by atoms with van der Waals surface area (Å²) in [4.78, 5) is 40.9. The van der Waals surface area contributed by atoms with Crippen molar-refractivity contribution in [2.75, 3.05) is 0 Å². The van der Waals surface area contributed by atoms with E-state index in [-0.39, 0.29) is 29.7 Å². The molecule has 1 atom stereocenters. The molecule has 0 radical (unpaired) electrons. The van der Waals surface area contributed by atoms with E-state index in [0.717, 1.165) is 10.1 Å². The molecule has 0 aliphatic heterocycles. The highest BCUT2D eigenvalue weighted by Gasteiger charge is 2.18. The predicted molar refractivity (Wildman–Crippen MR) is 103 cm³/mol. The largest absolute Gasteiger partial charge is 0.348 e. The lowest BCUT2D eigenvalue weighted by atomic mass is 10.1. The van der Waals surface area contributed by atoms with Gasteiger partial charge in [0.25, 0.3) is 5.56 Å². The SMILES string of the molecule is C[C@H](NC(=O)Cn1cnc2c1c(=O)n(C)c(=O)n2C)c1ccc(Cl)cc1Cl. The Kier molecular flexibility index (Phi) is 5.12. The number of aromatic nitrogens is 4. The number of hydrogen-bond acceptors (Lipinski definition) is 4. The highest BCUT2D eigenvalue weighted by Crippen LogP contribution is 2.26. The van der Waals surface area contributed by atoms with Gasteiger partial charge in [-0.25, -0.2) is 9.78 Å². The van der Waals surface area contributed by atoms with Crippen LogP contribution in [0.1, 0.15) is 18.5 Å². The number of nitrogens with one attached hydrogen (secondary N) is 1. The van der Waals surface area contributed by atoms with Crippen molar-refractivity contribution in [1.82, 2.24) is 24.0 Å². The lowest BCUT2D eigenvalue weighted by Gasteiger charge is -2.16. The molecule has 0 aliphatic carbocycles. The van der Waals surface area contributed by atoms with E-state index in [1.807, 2.05) is 0 Å². The third-order valence-electron chi connectivity index (χ3n) is 4.34. The van der Waals surface area contributed by atoms with E-state index in [9.17, 15) is 14.4 Å². The molecular weight excluding hydrogens is 393 g/mol. The van der Waals surface area contributed by atoms with Crippen LogP contribution in [0.3, 0.4) is 0 Å². The van der Waals surface area contributed by atoms with Crippen molar-refractivity contribution in [1.29, 1.82) is 0 Å². The molecule has 1 amide bonds. The van der Waals surface area contributed by atoms with E-state index in [0.29, 0.717) is 10.0 Å². The first-order valence-electron chi connectivity index (χ1n) is 8.06. The molecule has 0 unspecified atom stereocenters. The minimum atomic E-state index is -0.507. The Bertz CT molecular complexity index is 1160. The van der Waals surface area contributed by atoms with E-state index < -0.39 is 11.2 Å². The van der Waals surface area contributed by atoms with E-state index >= 15 is 0 Å². The highest BCUT2D eigenvalue weighted by atomic mass is 35.5. The van der Waals surface area contributed by atoms with Crippen LogP contribution in [0.25, 0.3) is 11.2 Å². The topological polar surface area (TPSA) is 90.9 Å². The summed E-state index contributed by atoms with van der Waals surface area (Å²) in [6, 6.07) is 4.69. The summed E-state index contributed by atoms with van der Waals surface area (Å²) in [6.45, 7) is 1.67. The number of fused-ring (bicyclic) bond motifs is 1. The van der Waals surface area contributed by atoms with Crippen LogP contribution >= 0.6 is 23.2 Å². The third kappa shape index (κ3) is 3.50. The summed E-state index contributed by atoms with van der Waals surface area (Å²) in [7, 11) is 2.90. The number of carbonyl (C=O) groups excluding carboxylic acids is 1. The summed E-state index contributed by atoms with van der Waals surface area (Å²) in [6.07, 6.45) is 1.37. The summed E-state index contributed by atoms with van der Waals surface area (Å²) in [5.41, 5.74) is 0.153. The first kappa shape index (κ1) is 19.2. The van der Waals surface area contributed by atoms with Gasteiger partial charge in [0.1, 0.15) is 6.54 Å². The quantitative estimate of drug-likeness (QED) is 0.708. The molecule has 2 aromatic heterocycles. The molecule has 10 heteroatoms. The number of nitrogens with zero attached hydrogens (tertiary/aromatic N) is 4. The Morgan fingerprint density at radius 3 is 2.59 bits per heavy atom. The predicted octanol–water partition coefficient (Wildman–Crippen LogP) is 1.62. The van der Waals surface area contributed by atoms with E-state index in [4.69, 9.17) is 23.2 Å². The highest BCUT2D eigenvalue weighted by molar-refractivity contribution is 6.35. The number of rotatable bonds is 4. The Balaban J connectivity index is 1.86. The van der Waals surface area contributed by atoms with Gasteiger partial charge in [0.05, 0.1) is 12.4 Å². The zero-order valence-electron chi connectivity index (χ0n) is 14.9. The fourth-order valence-corrected chi connectivity index (χ4v) is 3.46. The lowest BCUT2D eigenvalue weighted by Crippen LogP contribution is -2.38. The Labute approximate surface area is 163 Å². The van der Waals surface area contributed by atoms with Crippen LogP contribution in [0.2, 0.25) is 10.0 Å². The molecule has 0 bridgehead atoms. The first-order valence-corrected chi connectivity index (χ1v) is 8.81. The molecule has 0 saturated carbocycles. The molecule has 3 aromatic rings. The monoisotopic (exact) mass is 409 g/mol. The van der Waals surface area contributed by atoms with Crippen LogP contribution in [0.4, 0.5) is 0 Å². The molecular formula is C17H17Cl2N5O3. The van der Waals surface area contributed by atoms with Crippen molar-refractivity contribution >= 4 is 40.3 Å². The van der Waals surface area contributed by atoms with Crippen molar-refractivity contribution in [2.45, 2.75) is 19.5 Å². The van der Waals surface area contributed by atoms with Gasteiger partial charge in [0.2, 0.25) is 5.91 Å². The molecule has 0 saturated heterocycles. The van der Waals surface area contributed by atoms with Gasteiger partial charge in [0, 0.05) is 24.1 Å². The maximum absolute atomic E-state index is 12.5. The Morgan fingerprint density at radius 2 is 1.93 bits per heavy atom. The minimum Gasteiger partial charge on any atom is -0.348 e. The van der Waals surface area contributed by atoms with E-state index in [1.54, 1.807) is 25.1 Å². The minimum absolute atomic E-state index is 0.126. The second-order valence-corrected chi connectivity index (χ2v) is 7.05. The fourth-order valence-electron chi connectivity index (χ4n) is 2.89. The average Bonchev–Trinajstić information content (AvgIpc) is 3.01. The maximum atomic E-state index is 12.5. The number of aryl methyl sites for hydroxylation is 1. The van der Waals surface area contributed by atoms with Crippen LogP contribution < -0.4 is 16.6 Å². The molecule has 0 aliphatic rings. The molecule has 2 heterocycles. The van der Waals surface area contributed by atoms with Crippen molar-refractivity contribution in [3.8, 4) is 0 Å². The van der Waals surface area contributed by atoms with Gasteiger partial charge in [0.15, 0.2) is 11.2 Å². The lowest BCUT2D eigenvalue weighted by molar-refractivity contribution is -0.122. The zero-order chi connectivity index (χ0) is 19.9. The van der Waals surface area contributed by atoms with Gasteiger partial charge in [-0.05, 0) is 24.6 Å². The van der Waals surface area contributed by atoms with Crippen LogP contribution in [-0.4, -0.2) is 24.6 Å². The first-order chi connectivity index (χ1) is 12.7. The smallest absolute Gasteiger partial charge is 0.332 e. The van der Waals surface area contributed by atoms with Crippen LogP contribution in [0.5, 0.6) is 0 Å². The average molecular weight is 410 g/mol. The van der Waals surface area contributed by atoms with Gasteiger partial charge < -0.3 is 9.88 Å². The van der Waals surface area contributed by atoms with Crippen molar-refractivity contribution in [2.24, 2.45) is 14.1 Å².